The molecule has 1 aliphatic rings. The van der Waals surface area contributed by atoms with Crippen LogP contribution in [0.1, 0.15) is 5.56 Å². The van der Waals surface area contributed by atoms with Crippen molar-refractivity contribution in [3.05, 3.63) is 29.8 Å². The molecule has 2 rings (SSSR count). The van der Waals surface area contributed by atoms with E-state index >= 15 is 0 Å². The van der Waals surface area contributed by atoms with Crippen molar-refractivity contribution in [1.82, 2.24) is 0 Å². The maximum atomic E-state index is 5.52. The van der Waals surface area contributed by atoms with Crippen LogP contribution in [0.4, 0.5) is 5.69 Å². The lowest BCUT2D eigenvalue weighted by atomic mass is 9.91. The minimum atomic E-state index is -0.204. The van der Waals surface area contributed by atoms with Crippen LogP contribution in [0, 0.1) is 0 Å². The zero-order valence-electron chi connectivity index (χ0n) is 9.49. The fourth-order valence-electron chi connectivity index (χ4n) is 1.75. The van der Waals surface area contributed by atoms with E-state index in [0.717, 1.165) is 0 Å². The standard InChI is InChI=1S/C12H17NO2/c1-13(2)11-6-4-10(5-7-11)12(14-3)8-15-9-12/h4-7H,8-9H2,1-3H3. The van der Waals surface area contributed by atoms with E-state index in [4.69, 9.17) is 9.47 Å². The third-order valence-corrected chi connectivity index (χ3v) is 2.97. The molecule has 1 aromatic carbocycles. The average Bonchev–Trinajstić information content (AvgIpc) is 2.18. The van der Waals surface area contributed by atoms with Crippen molar-refractivity contribution < 1.29 is 9.47 Å². The molecule has 1 saturated heterocycles. The quantitative estimate of drug-likeness (QED) is 0.752. The molecule has 0 saturated carbocycles. The first kappa shape index (κ1) is 10.5. The Kier molecular flexibility index (Phi) is 2.67. The molecular weight excluding hydrogens is 190 g/mol. The first-order chi connectivity index (χ1) is 7.18. The van der Waals surface area contributed by atoms with Gasteiger partial charge in [-0.25, -0.2) is 0 Å². The molecule has 1 aromatic rings. The van der Waals surface area contributed by atoms with Crippen LogP contribution in [-0.4, -0.2) is 34.4 Å². The zero-order valence-corrected chi connectivity index (χ0v) is 9.49. The van der Waals surface area contributed by atoms with Gasteiger partial charge in [-0.2, -0.15) is 0 Å². The fourth-order valence-corrected chi connectivity index (χ4v) is 1.75. The number of hydrogen-bond donors (Lipinski definition) is 0. The monoisotopic (exact) mass is 207 g/mol. The van der Waals surface area contributed by atoms with Gasteiger partial charge in [-0.1, -0.05) is 12.1 Å². The average molecular weight is 207 g/mol. The van der Waals surface area contributed by atoms with Crippen LogP contribution in [0.15, 0.2) is 24.3 Å². The van der Waals surface area contributed by atoms with E-state index in [1.807, 2.05) is 14.1 Å². The molecule has 0 aliphatic carbocycles. The van der Waals surface area contributed by atoms with Gasteiger partial charge in [0.15, 0.2) is 0 Å². The Morgan fingerprint density at radius 2 is 1.80 bits per heavy atom. The minimum Gasteiger partial charge on any atom is -0.378 e. The number of rotatable bonds is 3. The Morgan fingerprint density at radius 3 is 2.13 bits per heavy atom. The van der Waals surface area contributed by atoms with E-state index in [-0.39, 0.29) is 5.60 Å². The summed E-state index contributed by atoms with van der Waals surface area (Å²) in [6.07, 6.45) is 0. The van der Waals surface area contributed by atoms with Gasteiger partial charge in [-0.15, -0.1) is 0 Å². The molecule has 0 unspecified atom stereocenters. The van der Waals surface area contributed by atoms with Crippen molar-refractivity contribution in [2.45, 2.75) is 5.60 Å². The van der Waals surface area contributed by atoms with Gasteiger partial charge in [0.05, 0.1) is 13.2 Å². The molecule has 3 heteroatoms. The highest BCUT2D eigenvalue weighted by Crippen LogP contribution is 2.33. The maximum absolute atomic E-state index is 5.52. The van der Waals surface area contributed by atoms with Crippen LogP contribution in [0.3, 0.4) is 0 Å². The zero-order chi connectivity index (χ0) is 10.9. The van der Waals surface area contributed by atoms with Gasteiger partial charge >= 0.3 is 0 Å². The first-order valence-corrected chi connectivity index (χ1v) is 5.09. The summed E-state index contributed by atoms with van der Waals surface area (Å²) in [4.78, 5) is 2.08. The summed E-state index contributed by atoms with van der Waals surface area (Å²) >= 11 is 0. The van der Waals surface area contributed by atoms with E-state index in [9.17, 15) is 0 Å². The Morgan fingerprint density at radius 1 is 1.20 bits per heavy atom. The van der Waals surface area contributed by atoms with Gasteiger partial charge in [-0.3, -0.25) is 0 Å². The second kappa shape index (κ2) is 3.83. The van der Waals surface area contributed by atoms with E-state index < -0.39 is 0 Å². The number of benzene rings is 1. The highest BCUT2D eigenvalue weighted by Gasteiger charge is 2.40. The van der Waals surface area contributed by atoms with E-state index in [2.05, 4.69) is 29.2 Å². The van der Waals surface area contributed by atoms with Crippen molar-refractivity contribution in [2.75, 3.05) is 39.3 Å². The third-order valence-electron chi connectivity index (χ3n) is 2.97. The second-order valence-electron chi connectivity index (χ2n) is 4.13. The topological polar surface area (TPSA) is 21.7 Å². The lowest BCUT2D eigenvalue weighted by Crippen LogP contribution is -2.48. The molecule has 0 radical (unpaired) electrons. The first-order valence-electron chi connectivity index (χ1n) is 5.09. The van der Waals surface area contributed by atoms with Crippen molar-refractivity contribution in [3.8, 4) is 0 Å². The normalized spacial score (nSPS) is 18.3. The molecule has 0 aromatic heterocycles. The summed E-state index contributed by atoms with van der Waals surface area (Å²) in [6, 6.07) is 8.44. The summed E-state index contributed by atoms with van der Waals surface area (Å²) in [7, 11) is 5.81. The molecule has 1 fully saturated rings. The second-order valence-corrected chi connectivity index (χ2v) is 4.13. The lowest BCUT2D eigenvalue weighted by Gasteiger charge is -2.40. The van der Waals surface area contributed by atoms with E-state index in [1.165, 1.54) is 11.3 Å². The van der Waals surface area contributed by atoms with E-state index in [1.54, 1.807) is 7.11 Å². The van der Waals surface area contributed by atoms with Crippen LogP contribution >= 0.6 is 0 Å². The van der Waals surface area contributed by atoms with Crippen LogP contribution in [-0.2, 0) is 15.1 Å². The third kappa shape index (κ3) is 1.73. The molecular formula is C12H17NO2. The van der Waals surface area contributed by atoms with Gasteiger partial charge in [-0.05, 0) is 17.7 Å². The molecule has 1 aliphatic heterocycles. The van der Waals surface area contributed by atoms with Crippen molar-refractivity contribution in [1.29, 1.82) is 0 Å². The molecule has 0 N–H and O–H groups in total. The van der Waals surface area contributed by atoms with Crippen LogP contribution in [0.5, 0.6) is 0 Å². The van der Waals surface area contributed by atoms with Crippen molar-refractivity contribution in [3.63, 3.8) is 0 Å². The largest absolute Gasteiger partial charge is 0.378 e. The lowest BCUT2D eigenvalue weighted by molar-refractivity contribution is -0.202. The number of ether oxygens (including phenoxy) is 2. The van der Waals surface area contributed by atoms with Crippen molar-refractivity contribution in [2.24, 2.45) is 0 Å². The molecule has 1 heterocycles. The summed E-state index contributed by atoms with van der Waals surface area (Å²) in [5.74, 6) is 0. The van der Waals surface area contributed by atoms with Crippen LogP contribution < -0.4 is 4.90 Å². The molecule has 3 nitrogen and oxygen atoms in total. The van der Waals surface area contributed by atoms with Crippen LogP contribution in [0.2, 0.25) is 0 Å². The Hall–Kier alpha value is -1.06. The molecule has 0 bridgehead atoms. The van der Waals surface area contributed by atoms with Gasteiger partial charge < -0.3 is 14.4 Å². The fraction of sp³-hybridized carbons (Fsp3) is 0.500. The number of anilines is 1. The number of hydrogen-bond acceptors (Lipinski definition) is 3. The molecule has 15 heavy (non-hydrogen) atoms. The molecule has 0 spiro atoms. The molecule has 82 valence electrons. The van der Waals surface area contributed by atoms with Gasteiger partial charge in [0.25, 0.3) is 0 Å². The smallest absolute Gasteiger partial charge is 0.139 e. The summed E-state index contributed by atoms with van der Waals surface area (Å²) in [5, 5.41) is 0. The maximum Gasteiger partial charge on any atom is 0.139 e. The Labute approximate surface area is 90.6 Å². The number of methoxy groups -OCH3 is 1. The van der Waals surface area contributed by atoms with Gasteiger partial charge in [0, 0.05) is 26.9 Å². The van der Waals surface area contributed by atoms with Gasteiger partial charge in [0.2, 0.25) is 0 Å². The summed E-state index contributed by atoms with van der Waals surface area (Å²) in [5.41, 5.74) is 2.19. The minimum absolute atomic E-state index is 0.204. The van der Waals surface area contributed by atoms with Crippen LogP contribution in [0.25, 0.3) is 0 Å². The Bertz CT molecular complexity index is 322. The highest BCUT2D eigenvalue weighted by molar-refractivity contribution is 5.47. The summed E-state index contributed by atoms with van der Waals surface area (Å²) in [6.45, 7) is 1.32. The molecule has 0 atom stereocenters. The van der Waals surface area contributed by atoms with Crippen molar-refractivity contribution >= 4 is 5.69 Å². The predicted octanol–water partition coefficient (Wildman–Crippen LogP) is 1.62. The van der Waals surface area contributed by atoms with E-state index in [0.29, 0.717) is 13.2 Å². The highest BCUT2D eigenvalue weighted by atomic mass is 16.6. The predicted molar refractivity (Wildman–Crippen MR) is 60.3 cm³/mol. The Balaban J connectivity index is 2.23. The number of nitrogens with zero attached hydrogens (tertiary/aromatic N) is 1. The SMILES string of the molecule is COC1(c2ccc(N(C)C)cc2)COC1. The molecule has 0 amide bonds. The van der Waals surface area contributed by atoms with Gasteiger partial charge in [0.1, 0.15) is 5.60 Å². The summed E-state index contributed by atoms with van der Waals surface area (Å²) < 4.78 is 10.7.